The largest absolute Gasteiger partial charge is 0.481 e. The fourth-order valence-corrected chi connectivity index (χ4v) is 3.22. The zero-order chi connectivity index (χ0) is 18.4. The third-order valence-electron chi connectivity index (χ3n) is 4.36. The lowest BCUT2D eigenvalue weighted by Gasteiger charge is -2.18. The number of aliphatic carboxylic acids is 1. The van der Waals surface area contributed by atoms with E-state index in [4.69, 9.17) is 5.11 Å². The molecule has 2 atom stereocenters. The molecule has 1 saturated heterocycles. The molecule has 0 aliphatic carbocycles. The van der Waals surface area contributed by atoms with Crippen molar-refractivity contribution in [3.63, 3.8) is 0 Å². The third kappa shape index (κ3) is 3.30. The van der Waals surface area contributed by atoms with Crippen LogP contribution in [-0.4, -0.2) is 44.8 Å². The number of nitrogens with zero attached hydrogens (tertiary/aromatic N) is 3. The predicted octanol–water partition coefficient (Wildman–Crippen LogP) is 3.13. The maximum absolute atomic E-state index is 13.4. The molecule has 1 aliphatic heterocycles. The second-order valence-corrected chi connectivity index (χ2v) is 5.95. The van der Waals surface area contributed by atoms with Crippen LogP contribution in [0.15, 0.2) is 24.3 Å². The second kappa shape index (κ2) is 6.25. The molecular formula is C15H14F5N3O2. The molecule has 0 saturated carbocycles. The number of hydrogen-bond acceptors (Lipinski definition) is 3. The van der Waals surface area contributed by atoms with Gasteiger partial charge in [-0.3, -0.25) is 14.3 Å². The van der Waals surface area contributed by atoms with E-state index < -0.39 is 37.1 Å². The van der Waals surface area contributed by atoms with E-state index in [2.05, 4.69) is 4.98 Å². The van der Waals surface area contributed by atoms with Gasteiger partial charge in [0.2, 0.25) is 0 Å². The summed E-state index contributed by atoms with van der Waals surface area (Å²) in [5, 5.41) is 9.02. The van der Waals surface area contributed by atoms with Gasteiger partial charge in [0.15, 0.2) is 0 Å². The van der Waals surface area contributed by atoms with Gasteiger partial charge in [-0.1, -0.05) is 12.1 Å². The molecule has 3 rings (SSSR count). The van der Waals surface area contributed by atoms with Gasteiger partial charge in [0, 0.05) is 13.1 Å². The summed E-state index contributed by atoms with van der Waals surface area (Å²) in [6.07, 6.45) is -4.67. The second-order valence-electron chi connectivity index (χ2n) is 5.95. The zero-order valence-electron chi connectivity index (χ0n) is 12.7. The fourth-order valence-electron chi connectivity index (χ4n) is 3.22. The van der Waals surface area contributed by atoms with Crippen molar-refractivity contribution in [2.24, 2.45) is 11.8 Å². The van der Waals surface area contributed by atoms with E-state index in [0.717, 1.165) is 0 Å². The van der Waals surface area contributed by atoms with Gasteiger partial charge in [0.1, 0.15) is 5.82 Å². The van der Waals surface area contributed by atoms with Crippen LogP contribution in [0, 0.1) is 11.8 Å². The summed E-state index contributed by atoms with van der Waals surface area (Å²) in [7, 11) is 0. The summed E-state index contributed by atoms with van der Waals surface area (Å²) in [5.74, 6) is -5.30. The van der Waals surface area contributed by atoms with Crippen LogP contribution >= 0.6 is 0 Å². The van der Waals surface area contributed by atoms with Gasteiger partial charge in [-0.15, -0.1) is 0 Å². The van der Waals surface area contributed by atoms with Gasteiger partial charge in [-0.25, -0.2) is 4.98 Å². The minimum absolute atomic E-state index is 0.0943. The van der Waals surface area contributed by atoms with Gasteiger partial charge in [-0.05, 0) is 12.1 Å². The van der Waals surface area contributed by atoms with Crippen LogP contribution < -0.4 is 0 Å². The quantitative estimate of drug-likeness (QED) is 0.848. The van der Waals surface area contributed by atoms with Gasteiger partial charge in [-0.2, -0.15) is 22.0 Å². The third-order valence-corrected chi connectivity index (χ3v) is 4.36. The smallest absolute Gasteiger partial charge is 0.393 e. The zero-order valence-corrected chi connectivity index (χ0v) is 12.7. The number of rotatable bonds is 4. The van der Waals surface area contributed by atoms with Crippen molar-refractivity contribution in [3.8, 4) is 0 Å². The molecule has 0 radical (unpaired) electrons. The highest BCUT2D eigenvalue weighted by Crippen LogP contribution is 2.38. The average molecular weight is 363 g/mol. The van der Waals surface area contributed by atoms with Crippen molar-refractivity contribution in [3.05, 3.63) is 30.1 Å². The SMILES string of the molecule is O=C(O)[C@@H]1CN(Cc2nc3ccccc3n2C(F)F)C[C@H]1C(F)(F)F. The summed E-state index contributed by atoms with van der Waals surface area (Å²) in [6.45, 7) is -4.12. The molecule has 0 bridgehead atoms. The topological polar surface area (TPSA) is 58.4 Å². The lowest BCUT2D eigenvalue weighted by Crippen LogP contribution is -2.33. The Hall–Kier alpha value is -2.23. The molecule has 1 aliphatic rings. The molecule has 1 N–H and O–H groups in total. The van der Waals surface area contributed by atoms with Crippen molar-refractivity contribution in [1.82, 2.24) is 14.5 Å². The summed E-state index contributed by atoms with van der Waals surface area (Å²) in [4.78, 5) is 16.4. The first-order valence-corrected chi connectivity index (χ1v) is 7.44. The maximum Gasteiger partial charge on any atom is 0.393 e. The van der Waals surface area contributed by atoms with Gasteiger partial charge in [0.25, 0.3) is 0 Å². The highest BCUT2D eigenvalue weighted by Gasteiger charge is 2.52. The molecule has 1 aromatic carbocycles. The molecule has 136 valence electrons. The Labute approximate surface area is 138 Å². The lowest BCUT2D eigenvalue weighted by atomic mass is 9.96. The molecule has 2 heterocycles. The molecular weight excluding hydrogens is 349 g/mol. The molecule has 10 heteroatoms. The summed E-state index contributed by atoms with van der Waals surface area (Å²) in [6, 6.07) is 6.15. The standard InChI is InChI=1S/C15H14F5N3O2/c16-14(17)23-11-4-2-1-3-10(11)21-12(23)7-22-5-8(13(24)25)9(6-22)15(18,19)20/h1-4,8-9,14H,5-7H2,(H,24,25)/t8-,9-/m1/s1. The number of imidazole rings is 1. The van der Waals surface area contributed by atoms with E-state index in [9.17, 15) is 26.7 Å². The number of likely N-dealkylation sites (tertiary alicyclic amines) is 1. The number of benzene rings is 1. The Kier molecular flexibility index (Phi) is 4.40. The maximum atomic E-state index is 13.4. The number of para-hydroxylation sites is 2. The molecule has 25 heavy (non-hydrogen) atoms. The van der Waals surface area contributed by atoms with Crippen molar-refractivity contribution in [2.45, 2.75) is 19.3 Å². The van der Waals surface area contributed by atoms with Crippen molar-refractivity contribution in [2.75, 3.05) is 13.1 Å². The number of carbonyl (C=O) groups is 1. The van der Waals surface area contributed by atoms with Crippen LogP contribution in [0.3, 0.4) is 0 Å². The number of alkyl halides is 5. The first-order valence-electron chi connectivity index (χ1n) is 7.44. The highest BCUT2D eigenvalue weighted by atomic mass is 19.4. The number of hydrogen-bond donors (Lipinski definition) is 1. The van der Waals surface area contributed by atoms with Crippen LogP contribution in [-0.2, 0) is 11.3 Å². The number of carboxylic acid groups (broad SMARTS) is 1. The fraction of sp³-hybridized carbons (Fsp3) is 0.467. The van der Waals surface area contributed by atoms with E-state index in [-0.39, 0.29) is 24.4 Å². The molecule has 0 unspecified atom stereocenters. The van der Waals surface area contributed by atoms with Crippen molar-refractivity contribution in [1.29, 1.82) is 0 Å². The van der Waals surface area contributed by atoms with Gasteiger partial charge >= 0.3 is 18.7 Å². The van der Waals surface area contributed by atoms with E-state index >= 15 is 0 Å². The van der Waals surface area contributed by atoms with E-state index in [1.165, 1.54) is 17.0 Å². The van der Waals surface area contributed by atoms with Crippen molar-refractivity contribution >= 4 is 17.0 Å². The number of fused-ring (bicyclic) bond motifs is 1. The lowest BCUT2D eigenvalue weighted by molar-refractivity contribution is -0.188. The number of halogens is 5. The van der Waals surface area contributed by atoms with Crippen LogP contribution in [0.4, 0.5) is 22.0 Å². The minimum Gasteiger partial charge on any atom is -0.481 e. The Morgan fingerprint density at radius 3 is 2.52 bits per heavy atom. The molecule has 0 amide bonds. The predicted molar refractivity (Wildman–Crippen MR) is 76.9 cm³/mol. The van der Waals surface area contributed by atoms with Gasteiger partial charge < -0.3 is 5.11 Å². The summed E-state index contributed by atoms with van der Waals surface area (Å²) in [5.41, 5.74) is 0.480. The Morgan fingerprint density at radius 1 is 1.28 bits per heavy atom. The van der Waals surface area contributed by atoms with Crippen LogP contribution in [0.1, 0.15) is 12.4 Å². The summed E-state index contributed by atoms with van der Waals surface area (Å²) < 4.78 is 66.5. The molecule has 0 spiro atoms. The Morgan fingerprint density at radius 2 is 1.96 bits per heavy atom. The first kappa shape index (κ1) is 17.6. The summed E-state index contributed by atoms with van der Waals surface area (Å²) >= 11 is 0. The molecule has 2 aromatic rings. The average Bonchev–Trinajstić information content (AvgIpc) is 3.08. The number of carboxylic acids is 1. The monoisotopic (exact) mass is 363 g/mol. The molecule has 5 nitrogen and oxygen atoms in total. The highest BCUT2D eigenvalue weighted by molar-refractivity contribution is 5.76. The normalized spacial score (nSPS) is 22.2. The van der Waals surface area contributed by atoms with E-state index in [1.54, 1.807) is 12.1 Å². The Balaban J connectivity index is 1.89. The van der Waals surface area contributed by atoms with E-state index in [1.807, 2.05) is 0 Å². The Bertz CT molecular complexity index is 789. The van der Waals surface area contributed by atoms with Crippen molar-refractivity contribution < 1.29 is 31.9 Å². The first-order chi connectivity index (χ1) is 11.7. The van der Waals surface area contributed by atoms with Crippen LogP contribution in [0.5, 0.6) is 0 Å². The minimum atomic E-state index is -4.67. The van der Waals surface area contributed by atoms with Gasteiger partial charge in [0.05, 0.1) is 29.4 Å². The molecule has 1 fully saturated rings. The molecule has 1 aromatic heterocycles. The van der Waals surface area contributed by atoms with Crippen LogP contribution in [0.25, 0.3) is 11.0 Å². The van der Waals surface area contributed by atoms with E-state index in [0.29, 0.717) is 10.1 Å². The van der Waals surface area contributed by atoms with Crippen LogP contribution in [0.2, 0.25) is 0 Å². The number of aromatic nitrogens is 2.